The molecule has 0 spiro atoms. The normalized spacial score (nSPS) is 14.4. The first-order chi connectivity index (χ1) is 16.0. The van der Waals surface area contributed by atoms with Crippen LogP contribution < -0.4 is 14.2 Å². The van der Waals surface area contributed by atoms with Crippen LogP contribution in [0.2, 0.25) is 0 Å². The van der Waals surface area contributed by atoms with Crippen molar-refractivity contribution in [2.24, 2.45) is 0 Å². The number of esters is 1. The number of allylic oxidation sites excluding steroid dienone is 1. The summed E-state index contributed by atoms with van der Waals surface area (Å²) in [6, 6.07) is 19.4. The van der Waals surface area contributed by atoms with Gasteiger partial charge in [-0.05, 0) is 43.3 Å². The zero-order valence-electron chi connectivity index (χ0n) is 18.0. The highest BCUT2D eigenvalue weighted by Crippen LogP contribution is 2.37. The Morgan fingerprint density at radius 1 is 1.09 bits per heavy atom. The van der Waals surface area contributed by atoms with Gasteiger partial charge in [0, 0.05) is 21.7 Å². The van der Waals surface area contributed by atoms with Crippen LogP contribution in [0.3, 0.4) is 0 Å². The standard InChI is InChI=1S/C26H21BrO6/c1-3-31-26(29)25(16-7-5-4-6-8-16)32-19-10-11-20-22(15-19)33-23(24(20)28)14-17-13-18(27)9-12-21(17)30-2/h4-15,25H,3H2,1-2H3/t25-/m1/s1. The van der Waals surface area contributed by atoms with Gasteiger partial charge in [0.25, 0.3) is 0 Å². The van der Waals surface area contributed by atoms with Gasteiger partial charge in [0.05, 0.1) is 19.3 Å². The molecule has 1 heterocycles. The average molecular weight is 509 g/mol. The molecule has 0 saturated carbocycles. The molecule has 0 unspecified atom stereocenters. The van der Waals surface area contributed by atoms with E-state index in [1.165, 1.54) is 0 Å². The van der Waals surface area contributed by atoms with Gasteiger partial charge in [0.2, 0.25) is 11.9 Å². The van der Waals surface area contributed by atoms with Gasteiger partial charge in [-0.25, -0.2) is 4.79 Å². The summed E-state index contributed by atoms with van der Waals surface area (Å²) in [5.74, 6) is 0.774. The number of hydrogen-bond acceptors (Lipinski definition) is 6. The smallest absolute Gasteiger partial charge is 0.352 e. The van der Waals surface area contributed by atoms with E-state index >= 15 is 0 Å². The molecule has 0 radical (unpaired) electrons. The van der Waals surface area contributed by atoms with Crippen molar-refractivity contribution in [1.29, 1.82) is 0 Å². The molecule has 7 heteroatoms. The molecule has 0 N–H and O–H groups in total. The summed E-state index contributed by atoms with van der Waals surface area (Å²) in [6.45, 7) is 1.98. The van der Waals surface area contributed by atoms with Gasteiger partial charge in [-0.2, -0.15) is 0 Å². The summed E-state index contributed by atoms with van der Waals surface area (Å²) in [7, 11) is 1.56. The van der Waals surface area contributed by atoms with E-state index in [1.54, 1.807) is 56.5 Å². The van der Waals surface area contributed by atoms with Gasteiger partial charge in [-0.1, -0.05) is 46.3 Å². The van der Waals surface area contributed by atoms with Crippen LogP contribution in [0.5, 0.6) is 17.2 Å². The number of halogens is 1. The van der Waals surface area contributed by atoms with E-state index in [-0.39, 0.29) is 18.1 Å². The first kappa shape index (κ1) is 22.6. The van der Waals surface area contributed by atoms with Gasteiger partial charge in [-0.3, -0.25) is 4.79 Å². The highest BCUT2D eigenvalue weighted by Gasteiger charge is 2.30. The second-order valence-corrected chi connectivity index (χ2v) is 8.06. The van der Waals surface area contributed by atoms with E-state index in [2.05, 4.69) is 15.9 Å². The predicted octanol–water partition coefficient (Wildman–Crippen LogP) is 5.76. The molecular weight excluding hydrogens is 488 g/mol. The number of Topliss-reactive ketones (excluding diaryl/α,β-unsaturated/α-hetero) is 1. The molecule has 1 atom stereocenters. The molecule has 0 bridgehead atoms. The third-order valence-electron chi connectivity index (χ3n) is 4.98. The SMILES string of the molecule is CCOC(=O)[C@H](Oc1ccc2c(c1)OC(=Cc1cc(Br)ccc1OC)C2=O)c1ccccc1. The Kier molecular flexibility index (Phi) is 6.79. The third kappa shape index (κ3) is 4.93. The molecular formula is C26H21BrO6. The number of carbonyl (C=O) groups excluding carboxylic acids is 2. The Balaban J connectivity index is 1.61. The molecule has 3 aromatic rings. The second-order valence-electron chi connectivity index (χ2n) is 7.14. The van der Waals surface area contributed by atoms with Crippen LogP contribution >= 0.6 is 15.9 Å². The molecule has 4 rings (SSSR count). The molecule has 0 amide bonds. The van der Waals surface area contributed by atoms with E-state index < -0.39 is 12.1 Å². The van der Waals surface area contributed by atoms with Gasteiger partial charge in [0.1, 0.15) is 17.2 Å². The molecule has 3 aromatic carbocycles. The Hall–Kier alpha value is -3.58. The van der Waals surface area contributed by atoms with Gasteiger partial charge >= 0.3 is 5.97 Å². The van der Waals surface area contributed by atoms with Crippen molar-refractivity contribution in [2.45, 2.75) is 13.0 Å². The molecule has 0 fully saturated rings. The van der Waals surface area contributed by atoms with Gasteiger partial charge in [0.15, 0.2) is 5.76 Å². The fourth-order valence-electron chi connectivity index (χ4n) is 3.43. The summed E-state index contributed by atoms with van der Waals surface area (Å²) in [5.41, 5.74) is 1.77. The maximum Gasteiger partial charge on any atom is 0.352 e. The number of rotatable bonds is 7. The summed E-state index contributed by atoms with van der Waals surface area (Å²) in [6.07, 6.45) is 0.694. The Labute approximate surface area is 199 Å². The minimum Gasteiger partial charge on any atom is -0.496 e. The monoisotopic (exact) mass is 508 g/mol. The number of fused-ring (bicyclic) bond motifs is 1. The molecule has 1 aliphatic rings. The van der Waals surface area contributed by atoms with Crippen LogP contribution in [0.25, 0.3) is 6.08 Å². The summed E-state index contributed by atoms with van der Waals surface area (Å²) in [5, 5.41) is 0. The lowest BCUT2D eigenvalue weighted by Crippen LogP contribution is -2.21. The van der Waals surface area contributed by atoms with Crippen LogP contribution in [0.4, 0.5) is 0 Å². The van der Waals surface area contributed by atoms with Crippen LogP contribution in [-0.2, 0) is 9.53 Å². The van der Waals surface area contributed by atoms with Gasteiger partial charge in [-0.15, -0.1) is 0 Å². The van der Waals surface area contributed by atoms with Crippen molar-refractivity contribution in [3.05, 3.63) is 93.7 Å². The number of methoxy groups -OCH3 is 1. The average Bonchev–Trinajstić information content (AvgIpc) is 3.12. The zero-order valence-corrected chi connectivity index (χ0v) is 19.6. The summed E-state index contributed by atoms with van der Waals surface area (Å²) in [4.78, 5) is 25.4. The van der Waals surface area contributed by atoms with Crippen LogP contribution in [0.15, 0.2) is 77.0 Å². The molecule has 0 saturated heterocycles. The molecule has 0 aliphatic carbocycles. The maximum absolute atomic E-state index is 12.9. The van der Waals surface area contributed by atoms with E-state index in [1.807, 2.05) is 30.3 Å². The molecule has 0 aromatic heterocycles. The maximum atomic E-state index is 12.9. The predicted molar refractivity (Wildman–Crippen MR) is 127 cm³/mol. The minimum atomic E-state index is -0.942. The Bertz CT molecular complexity index is 1220. The van der Waals surface area contributed by atoms with Crippen molar-refractivity contribution in [3.63, 3.8) is 0 Å². The van der Waals surface area contributed by atoms with Gasteiger partial charge < -0.3 is 18.9 Å². The van der Waals surface area contributed by atoms with Crippen molar-refractivity contribution in [2.75, 3.05) is 13.7 Å². The second kappa shape index (κ2) is 9.92. The minimum absolute atomic E-state index is 0.170. The Morgan fingerprint density at radius 3 is 2.61 bits per heavy atom. The number of carbonyl (C=O) groups is 2. The summed E-state index contributed by atoms with van der Waals surface area (Å²) < 4.78 is 23.2. The Morgan fingerprint density at radius 2 is 1.88 bits per heavy atom. The number of ether oxygens (including phenoxy) is 4. The first-order valence-electron chi connectivity index (χ1n) is 10.3. The van der Waals surface area contributed by atoms with E-state index in [4.69, 9.17) is 18.9 Å². The number of benzene rings is 3. The first-order valence-corrected chi connectivity index (χ1v) is 11.1. The molecule has 6 nitrogen and oxygen atoms in total. The highest BCUT2D eigenvalue weighted by molar-refractivity contribution is 9.10. The van der Waals surface area contributed by atoms with Crippen molar-refractivity contribution in [1.82, 2.24) is 0 Å². The molecule has 33 heavy (non-hydrogen) atoms. The van der Waals surface area contributed by atoms with Crippen LogP contribution in [-0.4, -0.2) is 25.5 Å². The van der Waals surface area contributed by atoms with Crippen LogP contribution in [0, 0.1) is 0 Å². The van der Waals surface area contributed by atoms with Crippen molar-refractivity contribution >= 4 is 33.8 Å². The highest BCUT2D eigenvalue weighted by atomic mass is 79.9. The molecule has 1 aliphatic heterocycles. The largest absolute Gasteiger partial charge is 0.496 e. The van der Waals surface area contributed by atoms with E-state index in [9.17, 15) is 9.59 Å². The number of ketones is 1. The lowest BCUT2D eigenvalue weighted by Gasteiger charge is -2.18. The zero-order chi connectivity index (χ0) is 23.4. The van der Waals surface area contributed by atoms with Crippen LogP contribution in [0.1, 0.15) is 34.5 Å². The quantitative estimate of drug-likeness (QED) is 0.298. The topological polar surface area (TPSA) is 71.1 Å². The number of hydrogen-bond donors (Lipinski definition) is 0. The lowest BCUT2D eigenvalue weighted by molar-refractivity contribution is -0.151. The van der Waals surface area contributed by atoms with Crippen molar-refractivity contribution in [3.8, 4) is 17.2 Å². The summed E-state index contributed by atoms with van der Waals surface area (Å²) >= 11 is 3.43. The van der Waals surface area contributed by atoms with E-state index in [0.717, 1.165) is 4.47 Å². The lowest BCUT2D eigenvalue weighted by atomic mass is 10.1. The third-order valence-corrected chi connectivity index (χ3v) is 5.47. The fourth-order valence-corrected chi connectivity index (χ4v) is 3.81. The van der Waals surface area contributed by atoms with Crippen molar-refractivity contribution < 1.29 is 28.5 Å². The fraction of sp³-hybridized carbons (Fsp3) is 0.154. The molecule has 168 valence electrons. The van der Waals surface area contributed by atoms with E-state index in [0.29, 0.717) is 33.9 Å².